The van der Waals surface area contributed by atoms with Crippen LogP contribution in [0.1, 0.15) is 33.6 Å². The van der Waals surface area contributed by atoms with Gasteiger partial charge < -0.3 is 20.3 Å². The van der Waals surface area contributed by atoms with E-state index in [1.54, 1.807) is 7.11 Å². The van der Waals surface area contributed by atoms with Crippen molar-refractivity contribution < 1.29 is 9.53 Å². The predicted octanol–water partition coefficient (Wildman–Crippen LogP) is 0.848. The van der Waals surface area contributed by atoms with E-state index in [1.807, 2.05) is 6.92 Å². The molecule has 0 aromatic heterocycles. The summed E-state index contributed by atoms with van der Waals surface area (Å²) in [6.45, 7) is 9.40. The number of hydrogen-bond donors (Lipinski definition) is 2. The van der Waals surface area contributed by atoms with E-state index in [9.17, 15) is 4.79 Å². The molecule has 0 bridgehead atoms. The van der Waals surface area contributed by atoms with Gasteiger partial charge in [0.25, 0.3) is 0 Å². The molecule has 0 heterocycles. The van der Waals surface area contributed by atoms with Gasteiger partial charge in [0.05, 0.1) is 12.6 Å². The highest BCUT2D eigenvalue weighted by Crippen LogP contribution is 1.97. The number of amides is 1. The van der Waals surface area contributed by atoms with Crippen LogP contribution in [0.15, 0.2) is 0 Å². The Morgan fingerprint density at radius 2 is 1.89 bits per heavy atom. The maximum Gasteiger partial charge on any atom is 0.236 e. The zero-order valence-corrected chi connectivity index (χ0v) is 13.2. The van der Waals surface area contributed by atoms with Gasteiger partial charge in [0.15, 0.2) is 0 Å². The van der Waals surface area contributed by atoms with Gasteiger partial charge in [0.2, 0.25) is 5.91 Å². The van der Waals surface area contributed by atoms with Crippen LogP contribution in [0.5, 0.6) is 0 Å². The number of unbranched alkanes of at least 4 members (excludes halogenated alkanes) is 1. The molecular weight excluding hydrogens is 242 g/mol. The molecule has 0 aromatic rings. The molecule has 0 aliphatic rings. The Hall–Kier alpha value is -0.650. The van der Waals surface area contributed by atoms with Crippen molar-refractivity contribution in [3.63, 3.8) is 0 Å². The first-order valence-electron chi connectivity index (χ1n) is 7.19. The van der Waals surface area contributed by atoms with Gasteiger partial charge >= 0.3 is 0 Å². The van der Waals surface area contributed by atoms with Crippen molar-refractivity contribution in [3.05, 3.63) is 0 Å². The molecule has 0 spiro atoms. The van der Waals surface area contributed by atoms with Crippen LogP contribution >= 0.6 is 0 Å². The lowest BCUT2D eigenvalue weighted by Crippen LogP contribution is -2.43. The zero-order valence-electron chi connectivity index (χ0n) is 13.2. The summed E-state index contributed by atoms with van der Waals surface area (Å²) in [5.41, 5.74) is 0. The SMILES string of the molecule is COCCNC(=O)C(C)NCCCCN(C)C(C)C. The fraction of sp³-hybridized carbons (Fsp3) is 0.929. The fourth-order valence-electron chi connectivity index (χ4n) is 1.59. The van der Waals surface area contributed by atoms with Gasteiger partial charge in [-0.15, -0.1) is 0 Å². The highest BCUT2D eigenvalue weighted by atomic mass is 16.5. The minimum atomic E-state index is -0.139. The second-order valence-corrected chi connectivity index (χ2v) is 5.24. The lowest BCUT2D eigenvalue weighted by atomic mass is 10.2. The number of methoxy groups -OCH3 is 1. The second-order valence-electron chi connectivity index (χ2n) is 5.24. The van der Waals surface area contributed by atoms with E-state index in [0.717, 1.165) is 25.9 Å². The third-order valence-electron chi connectivity index (χ3n) is 3.27. The van der Waals surface area contributed by atoms with Crippen LogP contribution in [-0.4, -0.2) is 63.3 Å². The highest BCUT2D eigenvalue weighted by molar-refractivity contribution is 5.81. The van der Waals surface area contributed by atoms with Crippen LogP contribution < -0.4 is 10.6 Å². The Morgan fingerprint density at radius 1 is 1.21 bits per heavy atom. The van der Waals surface area contributed by atoms with E-state index in [2.05, 4.69) is 36.4 Å². The Balaban J connectivity index is 3.52. The molecule has 0 fully saturated rings. The van der Waals surface area contributed by atoms with Crippen LogP contribution in [0.2, 0.25) is 0 Å². The summed E-state index contributed by atoms with van der Waals surface area (Å²) < 4.78 is 4.89. The maximum absolute atomic E-state index is 11.6. The minimum absolute atomic E-state index is 0.0383. The number of carbonyl (C=O) groups excluding carboxylic acids is 1. The second kappa shape index (κ2) is 11.2. The van der Waals surface area contributed by atoms with E-state index in [4.69, 9.17) is 4.74 Å². The van der Waals surface area contributed by atoms with Gasteiger partial charge in [0, 0.05) is 19.7 Å². The molecule has 0 saturated carbocycles. The van der Waals surface area contributed by atoms with Crippen LogP contribution in [0.4, 0.5) is 0 Å². The van der Waals surface area contributed by atoms with Crippen molar-refractivity contribution in [2.24, 2.45) is 0 Å². The van der Waals surface area contributed by atoms with E-state index < -0.39 is 0 Å². The van der Waals surface area contributed by atoms with Crippen LogP contribution in [0, 0.1) is 0 Å². The molecule has 0 aliphatic carbocycles. The average molecular weight is 273 g/mol. The summed E-state index contributed by atoms with van der Waals surface area (Å²) in [5.74, 6) is 0.0383. The van der Waals surface area contributed by atoms with E-state index >= 15 is 0 Å². The molecule has 0 aliphatic heterocycles. The number of nitrogens with one attached hydrogen (secondary N) is 2. The summed E-state index contributed by atoms with van der Waals surface area (Å²) in [4.78, 5) is 14.0. The van der Waals surface area contributed by atoms with Crippen molar-refractivity contribution in [2.75, 3.05) is 40.4 Å². The Labute approximate surface area is 118 Å². The molecule has 114 valence electrons. The summed E-state index contributed by atoms with van der Waals surface area (Å²) >= 11 is 0. The van der Waals surface area contributed by atoms with Crippen LogP contribution in [0.3, 0.4) is 0 Å². The van der Waals surface area contributed by atoms with E-state index in [0.29, 0.717) is 19.2 Å². The molecule has 0 radical (unpaired) electrons. The molecular formula is C14H31N3O2. The highest BCUT2D eigenvalue weighted by Gasteiger charge is 2.10. The molecule has 19 heavy (non-hydrogen) atoms. The normalized spacial score (nSPS) is 13.0. The van der Waals surface area contributed by atoms with Gasteiger partial charge in [-0.1, -0.05) is 0 Å². The van der Waals surface area contributed by atoms with E-state index in [1.165, 1.54) is 0 Å². The van der Waals surface area contributed by atoms with E-state index in [-0.39, 0.29) is 11.9 Å². The van der Waals surface area contributed by atoms with Gasteiger partial charge in [-0.2, -0.15) is 0 Å². The largest absolute Gasteiger partial charge is 0.383 e. The summed E-state index contributed by atoms with van der Waals surface area (Å²) in [6, 6.07) is 0.457. The first-order chi connectivity index (χ1) is 8.99. The maximum atomic E-state index is 11.6. The summed E-state index contributed by atoms with van der Waals surface area (Å²) in [7, 11) is 3.77. The number of rotatable bonds is 11. The minimum Gasteiger partial charge on any atom is -0.383 e. The van der Waals surface area contributed by atoms with Gasteiger partial charge in [-0.3, -0.25) is 4.79 Å². The van der Waals surface area contributed by atoms with Crippen molar-refractivity contribution in [1.29, 1.82) is 0 Å². The molecule has 2 N–H and O–H groups in total. The Bertz CT molecular complexity index is 235. The molecule has 1 atom stereocenters. The lowest BCUT2D eigenvalue weighted by Gasteiger charge is -2.21. The first kappa shape index (κ1) is 18.4. The molecule has 1 unspecified atom stereocenters. The Kier molecular flexibility index (Phi) is 10.8. The topological polar surface area (TPSA) is 53.6 Å². The van der Waals surface area contributed by atoms with Gasteiger partial charge in [-0.25, -0.2) is 0 Å². The summed E-state index contributed by atoms with van der Waals surface area (Å²) in [6.07, 6.45) is 2.24. The third-order valence-corrected chi connectivity index (χ3v) is 3.27. The third kappa shape index (κ3) is 9.87. The molecule has 0 rings (SSSR count). The van der Waals surface area contributed by atoms with Crippen LogP contribution in [0.25, 0.3) is 0 Å². The molecule has 5 nitrogen and oxygen atoms in total. The molecule has 0 aromatic carbocycles. The monoisotopic (exact) mass is 273 g/mol. The molecule has 1 amide bonds. The van der Waals surface area contributed by atoms with Crippen LogP contribution in [-0.2, 0) is 9.53 Å². The number of carbonyl (C=O) groups is 1. The van der Waals surface area contributed by atoms with Gasteiger partial charge in [0.1, 0.15) is 0 Å². The van der Waals surface area contributed by atoms with Crippen molar-refractivity contribution in [1.82, 2.24) is 15.5 Å². The Morgan fingerprint density at radius 3 is 2.47 bits per heavy atom. The smallest absolute Gasteiger partial charge is 0.236 e. The number of hydrogen-bond acceptors (Lipinski definition) is 4. The average Bonchev–Trinajstić information content (AvgIpc) is 2.37. The predicted molar refractivity (Wildman–Crippen MR) is 79.4 cm³/mol. The van der Waals surface area contributed by atoms with Crippen molar-refractivity contribution in [3.8, 4) is 0 Å². The molecule has 5 heteroatoms. The number of nitrogens with zero attached hydrogens (tertiary/aromatic N) is 1. The fourth-order valence-corrected chi connectivity index (χ4v) is 1.59. The first-order valence-corrected chi connectivity index (χ1v) is 7.19. The quantitative estimate of drug-likeness (QED) is 0.548. The standard InChI is InChI=1S/C14H31N3O2/c1-12(2)17(4)10-7-6-8-15-13(3)14(18)16-9-11-19-5/h12-13,15H,6-11H2,1-5H3,(H,16,18). The van der Waals surface area contributed by atoms with Gasteiger partial charge in [-0.05, 0) is 53.8 Å². The van der Waals surface area contributed by atoms with Crippen molar-refractivity contribution in [2.45, 2.75) is 45.7 Å². The molecule has 0 saturated heterocycles. The zero-order chi connectivity index (χ0) is 14.7. The number of ether oxygens (including phenoxy) is 1. The lowest BCUT2D eigenvalue weighted by molar-refractivity contribution is -0.122. The van der Waals surface area contributed by atoms with Crippen molar-refractivity contribution >= 4 is 5.91 Å². The summed E-state index contributed by atoms with van der Waals surface area (Å²) in [5, 5.41) is 6.06.